The summed E-state index contributed by atoms with van der Waals surface area (Å²) >= 11 is 4.03. The maximum absolute atomic E-state index is 14.3. The zero-order valence-electron chi connectivity index (χ0n) is 62.8. The summed E-state index contributed by atoms with van der Waals surface area (Å²) in [5.74, 6) is 0. The van der Waals surface area contributed by atoms with Crippen LogP contribution in [-0.2, 0) is 36.0 Å². The molecule has 0 aromatic heterocycles. The summed E-state index contributed by atoms with van der Waals surface area (Å²) in [4.78, 5) is 0. The number of hydrogen-bond donors (Lipinski definition) is 0. The van der Waals surface area contributed by atoms with Gasteiger partial charge in [0.25, 0.3) is 0 Å². The van der Waals surface area contributed by atoms with E-state index in [4.69, 9.17) is 9.05 Å². The Labute approximate surface area is 602 Å². The van der Waals surface area contributed by atoms with Crippen LogP contribution in [0.4, 0.5) is 0 Å². The quantitative estimate of drug-likeness (QED) is 0.0282. The fourth-order valence-corrected chi connectivity index (χ4v) is 20.3. The topological polar surface area (TPSA) is 35.5 Å². The van der Waals surface area contributed by atoms with Crippen molar-refractivity contribution in [3.8, 4) is 55.6 Å². The minimum atomic E-state index is -3.33. The summed E-state index contributed by atoms with van der Waals surface area (Å²) in [5, 5.41) is 0. The molecule has 5 heteroatoms. The number of fused-ring (bicyclic) bond motifs is 9. The number of unbranched alkanes of at least 4 members (excludes halogenated alkanes) is 30. The van der Waals surface area contributed by atoms with Gasteiger partial charge in [-0.3, -0.25) is 4.57 Å². The van der Waals surface area contributed by atoms with Crippen LogP contribution in [0, 0.1) is 0 Å². The van der Waals surface area contributed by atoms with Crippen molar-refractivity contribution in [2.45, 2.75) is 347 Å². The van der Waals surface area contributed by atoms with Gasteiger partial charge in [0.05, 0.1) is 19.4 Å². The first-order valence-electron chi connectivity index (χ1n) is 40.9. The standard InChI is InChI=1S/C92H132BrO3P/c1-9-17-23-29-35-41-59-90(60-42-36-30-24-18-10-2)84-65-72(71-97(94,95-15-7)96-16-8)47-53-78(84)79-54-48-73(66-85(79)90)74-49-55-80-81-56-50-75(68-87(81)91(86(80)67-74,61-43-37-31-25-19-11-3)62-44-38-32-26-20-12-4)76-51-57-82-83-58-52-77(93)70-89(83)92(88(82)69-76,63-45-39-33-27-21-13-5)64-46-40-34-28-22-14-6/h47-58,65-70H,9-46,59-64,71H2,1-8H3. The highest BCUT2D eigenvalue weighted by atomic mass is 79.9. The highest BCUT2D eigenvalue weighted by Gasteiger charge is 2.46. The fraction of sp³-hybridized carbons (Fsp3) is 0.609. The van der Waals surface area contributed by atoms with E-state index in [9.17, 15) is 4.57 Å². The van der Waals surface area contributed by atoms with E-state index in [-0.39, 0.29) is 16.2 Å². The Hall–Kier alpha value is -4.05. The van der Waals surface area contributed by atoms with Gasteiger partial charge in [-0.2, -0.15) is 0 Å². The Morgan fingerprint density at radius 3 is 0.773 bits per heavy atom. The summed E-state index contributed by atoms with van der Waals surface area (Å²) in [5.41, 5.74) is 24.3. The predicted octanol–water partition coefficient (Wildman–Crippen LogP) is 30.9. The Balaban J connectivity index is 1.16. The lowest BCUT2D eigenvalue weighted by molar-refractivity contribution is 0.219. The molecule has 0 N–H and O–H groups in total. The highest BCUT2D eigenvalue weighted by Crippen LogP contribution is 2.61. The van der Waals surface area contributed by atoms with Gasteiger partial charge in [-0.15, -0.1) is 0 Å². The number of hydrogen-bond acceptors (Lipinski definition) is 3. The van der Waals surface area contributed by atoms with E-state index in [0.29, 0.717) is 19.4 Å². The second kappa shape index (κ2) is 39.4. The third kappa shape index (κ3) is 19.2. The van der Waals surface area contributed by atoms with Crippen molar-refractivity contribution in [2.75, 3.05) is 13.2 Å². The lowest BCUT2D eigenvalue weighted by Gasteiger charge is -2.34. The molecule has 0 heterocycles. The van der Waals surface area contributed by atoms with E-state index in [1.807, 2.05) is 13.8 Å². The SMILES string of the molecule is CCCCCCCCC1(CCCCCCCC)c2cc(Br)ccc2-c2ccc(-c3ccc4c(c3)C(CCCCCCCC)(CCCCCCCC)c3cc(-c5ccc6c(c5)C(CCCCCCCC)(CCCCCCCC)c5cc(CP(=O)(OCC)OCC)ccc5-6)ccc3-4)cc21. The minimum Gasteiger partial charge on any atom is -0.309 e. The van der Waals surface area contributed by atoms with Crippen molar-refractivity contribution in [2.24, 2.45) is 0 Å². The van der Waals surface area contributed by atoms with Gasteiger partial charge in [-0.05, 0) is 183 Å². The van der Waals surface area contributed by atoms with Gasteiger partial charge in [0.2, 0.25) is 0 Å². The second-order valence-corrected chi connectivity index (χ2v) is 33.5. The van der Waals surface area contributed by atoms with Gasteiger partial charge >= 0.3 is 7.60 Å². The molecule has 0 atom stereocenters. The first kappa shape index (κ1) is 77.1. The maximum Gasteiger partial charge on any atom is 0.335 e. The molecule has 0 aliphatic heterocycles. The van der Waals surface area contributed by atoms with Gasteiger partial charge in [0.1, 0.15) is 0 Å². The number of rotatable bonds is 50. The molecule has 6 aromatic carbocycles. The van der Waals surface area contributed by atoms with Crippen molar-refractivity contribution >= 4 is 23.5 Å². The molecule has 6 aromatic rings. The second-order valence-electron chi connectivity index (χ2n) is 30.6. The van der Waals surface area contributed by atoms with Crippen molar-refractivity contribution in [1.29, 1.82) is 0 Å². The molecule has 0 bridgehead atoms. The van der Waals surface area contributed by atoms with Crippen LogP contribution >= 0.6 is 23.5 Å². The summed E-state index contributed by atoms with van der Waals surface area (Å²) in [6, 6.07) is 45.4. The Bertz CT molecular complexity index is 3350. The van der Waals surface area contributed by atoms with Crippen LogP contribution in [0.3, 0.4) is 0 Å². The molecular formula is C92H132BrO3P. The summed E-state index contributed by atoms with van der Waals surface area (Å²) < 4.78 is 27.5. The van der Waals surface area contributed by atoms with Crippen LogP contribution in [0.1, 0.15) is 364 Å². The zero-order chi connectivity index (χ0) is 68.4. The molecule has 0 spiro atoms. The molecule has 0 saturated heterocycles. The summed E-state index contributed by atoms with van der Waals surface area (Å²) in [6.45, 7) is 18.7. The van der Waals surface area contributed by atoms with Crippen LogP contribution < -0.4 is 0 Å². The Morgan fingerprint density at radius 1 is 0.278 bits per heavy atom. The van der Waals surface area contributed by atoms with E-state index in [2.05, 4.69) is 167 Å². The van der Waals surface area contributed by atoms with Crippen molar-refractivity contribution in [1.82, 2.24) is 0 Å². The van der Waals surface area contributed by atoms with Gasteiger partial charge in [-0.25, -0.2) is 0 Å². The molecular weight excluding hydrogens is 1260 g/mol. The molecule has 0 fully saturated rings. The summed E-state index contributed by atoms with van der Waals surface area (Å²) in [7, 11) is -3.33. The molecule has 530 valence electrons. The van der Waals surface area contributed by atoms with Crippen molar-refractivity contribution in [3.63, 3.8) is 0 Å². The summed E-state index contributed by atoms with van der Waals surface area (Å²) in [6.07, 6.45) is 54.2. The van der Waals surface area contributed by atoms with E-state index < -0.39 is 7.60 Å². The molecule has 0 radical (unpaired) electrons. The highest BCUT2D eigenvalue weighted by molar-refractivity contribution is 9.10. The van der Waals surface area contributed by atoms with E-state index in [1.165, 1.54) is 328 Å². The smallest absolute Gasteiger partial charge is 0.309 e. The van der Waals surface area contributed by atoms with Crippen LogP contribution in [-0.4, -0.2) is 13.2 Å². The average Bonchev–Trinajstić information content (AvgIpc) is 1.58. The molecule has 9 rings (SSSR count). The minimum absolute atomic E-state index is 0.00722. The fourth-order valence-electron chi connectivity index (χ4n) is 18.3. The molecule has 0 saturated carbocycles. The first-order chi connectivity index (χ1) is 47.5. The largest absolute Gasteiger partial charge is 0.335 e. The van der Waals surface area contributed by atoms with Crippen LogP contribution in [0.5, 0.6) is 0 Å². The van der Waals surface area contributed by atoms with Gasteiger partial charge in [0.15, 0.2) is 0 Å². The molecule has 0 unspecified atom stereocenters. The maximum atomic E-state index is 14.3. The van der Waals surface area contributed by atoms with Crippen LogP contribution in [0.2, 0.25) is 0 Å². The number of benzene rings is 6. The molecule has 3 aliphatic carbocycles. The lowest BCUT2D eigenvalue weighted by Crippen LogP contribution is -2.26. The third-order valence-electron chi connectivity index (χ3n) is 23.5. The molecule has 3 aliphatic rings. The van der Waals surface area contributed by atoms with Crippen molar-refractivity contribution in [3.05, 3.63) is 153 Å². The molecule has 97 heavy (non-hydrogen) atoms. The zero-order valence-corrected chi connectivity index (χ0v) is 65.2. The van der Waals surface area contributed by atoms with Gasteiger partial charge in [-0.1, -0.05) is 361 Å². The lowest BCUT2D eigenvalue weighted by atomic mass is 9.69. The van der Waals surface area contributed by atoms with Gasteiger partial charge < -0.3 is 9.05 Å². The molecule has 0 amide bonds. The van der Waals surface area contributed by atoms with Crippen LogP contribution in [0.25, 0.3) is 55.6 Å². The van der Waals surface area contributed by atoms with E-state index in [0.717, 1.165) is 18.4 Å². The van der Waals surface area contributed by atoms with E-state index >= 15 is 0 Å². The Kier molecular flexibility index (Phi) is 31.3. The average molecular weight is 1400 g/mol. The van der Waals surface area contributed by atoms with Crippen LogP contribution in [0.15, 0.2) is 114 Å². The normalized spacial score (nSPS) is 14.4. The predicted molar refractivity (Wildman–Crippen MR) is 426 cm³/mol. The monoisotopic (exact) mass is 1390 g/mol. The number of halogens is 1. The van der Waals surface area contributed by atoms with Gasteiger partial charge in [0, 0.05) is 20.7 Å². The Morgan fingerprint density at radius 2 is 0.505 bits per heavy atom. The first-order valence-corrected chi connectivity index (χ1v) is 43.5. The van der Waals surface area contributed by atoms with Crippen molar-refractivity contribution < 1.29 is 13.6 Å². The molecule has 3 nitrogen and oxygen atoms in total. The third-order valence-corrected chi connectivity index (χ3v) is 26.1. The van der Waals surface area contributed by atoms with E-state index in [1.54, 1.807) is 22.3 Å².